The standard InChI is InChI=1S/C13H18FNO2/c1-9(2)13(16)15-8-12(17-3)10-5-4-6-11(14)7-10/h4-7,9,12H,8H2,1-3H3,(H,15,16). The summed E-state index contributed by atoms with van der Waals surface area (Å²) >= 11 is 0. The first-order chi connectivity index (χ1) is 8.04. The van der Waals surface area contributed by atoms with Crippen molar-refractivity contribution >= 4 is 5.91 Å². The van der Waals surface area contributed by atoms with E-state index >= 15 is 0 Å². The van der Waals surface area contributed by atoms with Gasteiger partial charge in [0.05, 0.1) is 6.10 Å². The van der Waals surface area contributed by atoms with Crippen LogP contribution in [0.2, 0.25) is 0 Å². The molecule has 0 bridgehead atoms. The number of hydrogen-bond acceptors (Lipinski definition) is 2. The zero-order valence-electron chi connectivity index (χ0n) is 10.4. The molecule has 0 fully saturated rings. The lowest BCUT2D eigenvalue weighted by molar-refractivity contribution is -0.124. The van der Waals surface area contributed by atoms with Crippen LogP contribution in [0.25, 0.3) is 0 Å². The summed E-state index contributed by atoms with van der Waals surface area (Å²) in [7, 11) is 1.54. The lowest BCUT2D eigenvalue weighted by atomic mass is 10.1. The molecule has 0 aromatic heterocycles. The molecule has 1 unspecified atom stereocenters. The van der Waals surface area contributed by atoms with Crippen molar-refractivity contribution in [3.8, 4) is 0 Å². The molecule has 1 aromatic carbocycles. The molecule has 0 saturated heterocycles. The van der Waals surface area contributed by atoms with Crippen molar-refractivity contribution in [3.63, 3.8) is 0 Å². The van der Waals surface area contributed by atoms with Gasteiger partial charge in [0.25, 0.3) is 0 Å². The zero-order valence-corrected chi connectivity index (χ0v) is 10.4. The van der Waals surface area contributed by atoms with Crippen LogP contribution in [0, 0.1) is 11.7 Å². The van der Waals surface area contributed by atoms with Crippen molar-refractivity contribution in [3.05, 3.63) is 35.6 Å². The summed E-state index contributed by atoms with van der Waals surface area (Å²) < 4.78 is 18.3. The van der Waals surface area contributed by atoms with Crippen LogP contribution in [0.4, 0.5) is 4.39 Å². The smallest absolute Gasteiger partial charge is 0.222 e. The molecule has 1 aromatic rings. The lowest BCUT2D eigenvalue weighted by Gasteiger charge is -2.17. The fraction of sp³-hybridized carbons (Fsp3) is 0.462. The van der Waals surface area contributed by atoms with Crippen molar-refractivity contribution in [2.75, 3.05) is 13.7 Å². The molecule has 4 heteroatoms. The second-order valence-corrected chi connectivity index (χ2v) is 4.18. The van der Waals surface area contributed by atoms with Gasteiger partial charge in [-0.2, -0.15) is 0 Å². The highest BCUT2D eigenvalue weighted by Gasteiger charge is 2.13. The highest BCUT2D eigenvalue weighted by Crippen LogP contribution is 2.16. The van der Waals surface area contributed by atoms with Crippen LogP contribution in [-0.4, -0.2) is 19.6 Å². The number of hydrogen-bond donors (Lipinski definition) is 1. The summed E-state index contributed by atoms with van der Waals surface area (Å²) in [4.78, 5) is 11.4. The van der Waals surface area contributed by atoms with Crippen LogP contribution in [0.1, 0.15) is 25.5 Å². The SMILES string of the molecule is COC(CNC(=O)C(C)C)c1cccc(F)c1. The maximum absolute atomic E-state index is 13.0. The minimum absolute atomic E-state index is 0.0385. The number of nitrogens with one attached hydrogen (secondary N) is 1. The Morgan fingerprint density at radius 1 is 1.47 bits per heavy atom. The van der Waals surface area contributed by atoms with Crippen molar-refractivity contribution in [1.29, 1.82) is 0 Å². The average Bonchev–Trinajstić information content (AvgIpc) is 2.29. The first-order valence-corrected chi connectivity index (χ1v) is 5.60. The Kier molecular flexibility index (Phi) is 5.10. The van der Waals surface area contributed by atoms with Crippen molar-refractivity contribution in [2.24, 2.45) is 5.92 Å². The Morgan fingerprint density at radius 2 is 2.18 bits per heavy atom. The normalized spacial score (nSPS) is 12.5. The molecule has 0 aliphatic heterocycles. The number of carbonyl (C=O) groups is 1. The molecule has 94 valence electrons. The maximum atomic E-state index is 13.0. The molecule has 1 amide bonds. The Balaban J connectivity index is 2.63. The molecule has 0 aliphatic rings. The summed E-state index contributed by atoms with van der Waals surface area (Å²) in [5.74, 6) is -0.414. The number of methoxy groups -OCH3 is 1. The number of benzene rings is 1. The van der Waals surface area contributed by atoms with Gasteiger partial charge in [0, 0.05) is 19.6 Å². The first-order valence-electron chi connectivity index (χ1n) is 5.60. The van der Waals surface area contributed by atoms with Gasteiger partial charge >= 0.3 is 0 Å². The Morgan fingerprint density at radius 3 is 2.71 bits per heavy atom. The molecule has 1 atom stereocenters. The van der Waals surface area contributed by atoms with Gasteiger partial charge in [0.1, 0.15) is 5.82 Å². The van der Waals surface area contributed by atoms with E-state index in [1.807, 2.05) is 13.8 Å². The number of rotatable bonds is 5. The molecular formula is C13H18FNO2. The van der Waals surface area contributed by atoms with Crippen LogP contribution < -0.4 is 5.32 Å². The van der Waals surface area contributed by atoms with Crippen molar-refractivity contribution in [2.45, 2.75) is 20.0 Å². The van der Waals surface area contributed by atoms with Gasteiger partial charge in [0.2, 0.25) is 5.91 Å². The van der Waals surface area contributed by atoms with Crippen LogP contribution >= 0.6 is 0 Å². The van der Waals surface area contributed by atoms with E-state index in [2.05, 4.69) is 5.32 Å². The van der Waals surface area contributed by atoms with E-state index in [1.54, 1.807) is 12.1 Å². The molecule has 0 heterocycles. The van der Waals surface area contributed by atoms with Crippen LogP contribution in [0.3, 0.4) is 0 Å². The van der Waals surface area contributed by atoms with E-state index in [-0.39, 0.29) is 23.7 Å². The molecule has 0 aliphatic carbocycles. The predicted molar refractivity (Wildman–Crippen MR) is 64.0 cm³/mol. The molecule has 17 heavy (non-hydrogen) atoms. The average molecular weight is 239 g/mol. The van der Waals surface area contributed by atoms with Gasteiger partial charge in [-0.05, 0) is 17.7 Å². The third kappa shape index (κ3) is 4.15. The lowest BCUT2D eigenvalue weighted by Crippen LogP contribution is -2.32. The van der Waals surface area contributed by atoms with Gasteiger partial charge in [-0.15, -0.1) is 0 Å². The van der Waals surface area contributed by atoms with Crippen LogP contribution in [0.5, 0.6) is 0 Å². The minimum atomic E-state index is -0.326. The molecule has 3 nitrogen and oxygen atoms in total. The van der Waals surface area contributed by atoms with Gasteiger partial charge < -0.3 is 10.1 Å². The van der Waals surface area contributed by atoms with Gasteiger partial charge in [-0.3, -0.25) is 4.79 Å². The summed E-state index contributed by atoms with van der Waals surface area (Å²) in [6.07, 6.45) is -0.326. The van der Waals surface area contributed by atoms with Crippen LogP contribution in [0.15, 0.2) is 24.3 Å². The summed E-state index contributed by atoms with van der Waals surface area (Å²) in [6, 6.07) is 6.19. The van der Waals surface area contributed by atoms with Crippen molar-refractivity contribution < 1.29 is 13.9 Å². The molecule has 0 saturated carbocycles. The molecular weight excluding hydrogens is 221 g/mol. The number of carbonyl (C=O) groups excluding carboxylic acids is 1. The summed E-state index contributed by atoms with van der Waals surface area (Å²) in [5.41, 5.74) is 0.719. The quantitative estimate of drug-likeness (QED) is 0.856. The van der Waals surface area contributed by atoms with Gasteiger partial charge in [-0.25, -0.2) is 4.39 Å². The second-order valence-electron chi connectivity index (χ2n) is 4.18. The molecule has 1 N–H and O–H groups in total. The van der Waals surface area contributed by atoms with E-state index in [4.69, 9.17) is 4.74 Å². The van der Waals surface area contributed by atoms with Gasteiger partial charge in [-0.1, -0.05) is 26.0 Å². The molecule has 0 radical (unpaired) electrons. The second kappa shape index (κ2) is 6.35. The zero-order chi connectivity index (χ0) is 12.8. The Hall–Kier alpha value is -1.42. The largest absolute Gasteiger partial charge is 0.375 e. The number of amides is 1. The third-order valence-electron chi connectivity index (χ3n) is 2.49. The topological polar surface area (TPSA) is 38.3 Å². The maximum Gasteiger partial charge on any atom is 0.222 e. The van der Waals surface area contributed by atoms with E-state index in [0.717, 1.165) is 5.56 Å². The third-order valence-corrected chi connectivity index (χ3v) is 2.49. The van der Waals surface area contributed by atoms with E-state index in [0.29, 0.717) is 6.54 Å². The highest BCUT2D eigenvalue weighted by atomic mass is 19.1. The molecule has 0 spiro atoms. The monoisotopic (exact) mass is 239 g/mol. The molecule has 1 rings (SSSR count). The van der Waals surface area contributed by atoms with E-state index in [1.165, 1.54) is 19.2 Å². The Bertz CT molecular complexity index is 379. The van der Waals surface area contributed by atoms with E-state index in [9.17, 15) is 9.18 Å². The van der Waals surface area contributed by atoms with Gasteiger partial charge in [0.15, 0.2) is 0 Å². The predicted octanol–water partition coefficient (Wildman–Crippen LogP) is 2.29. The van der Waals surface area contributed by atoms with E-state index < -0.39 is 0 Å². The number of halogens is 1. The first kappa shape index (κ1) is 13.6. The highest BCUT2D eigenvalue weighted by molar-refractivity contribution is 5.77. The van der Waals surface area contributed by atoms with Crippen molar-refractivity contribution in [1.82, 2.24) is 5.32 Å². The minimum Gasteiger partial charge on any atom is -0.375 e. The summed E-state index contributed by atoms with van der Waals surface area (Å²) in [5, 5.41) is 2.76. The number of ether oxygens (including phenoxy) is 1. The van der Waals surface area contributed by atoms with Crippen LogP contribution in [-0.2, 0) is 9.53 Å². The Labute approximate surface area is 101 Å². The fourth-order valence-corrected chi connectivity index (χ4v) is 1.44. The summed E-state index contributed by atoms with van der Waals surface area (Å²) in [6.45, 7) is 3.98. The fourth-order valence-electron chi connectivity index (χ4n) is 1.44.